The molecule has 1 atom stereocenters. The van der Waals surface area contributed by atoms with Crippen LogP contribution in [0.2, 0.25) is 0 Å². The lowest BCUT2D eigenvalue weighted by Crippen LogP contribution is -2.31. The fourth-order valence-corrected chi connectivity index (χ4v) is 3.69. The number of anilines is 1. The van der Waals surface area contributed by atoms with Crippen LogP contribution in [0.4, 0.5) is 10.1 Å². The van der Waals surface area contributed by atoms with E-state index in [1.54, 1.807) is 0 Å². The number of carbonyl (C=O) groups is 1. The Morgan fingerprint density at radius 1 is 1.11 bits per heavy atom. The van der Waals surface area contributed by atoms with Crippen LogP contribution >= 0.6 is 0 Å². The Balaban J connectivity index is 1.47. The first-order chi connectivity index (χ1) is 13.6. The molecule has 1 unspecified atom stereocenters. The van der Waals surface area contributed by atoms with Gasteiger partial charge in [-0.25, -0.2) is 4.39 Å². The fraction of sp³-hybridized carbons (Fsp3) is 0.435. The van der Waals surface area contributed by atoms with Gasteiger partial charge >= 0.3 is 0 Å². The van der Waals surface area contributed by atoms with Gasteiger partial charge in [0.1, 0.15) is 5.82 Å². The summed E-state index contributed by atoms with van der Waals surface area (Å²) in [6.45, 7) is 9.76. The Bertz CT molecular complexity index is 756. The summed E-state index contributed by atoms with van der Waals surface area (Å²) in [4.78, 5) is 17.1. The molecule has 2 aromatic rings. The van der Waals surface area contributed by atoms with Crippen molar-refractivity contribution in [2.24, 2.45) is 5.92 Å². The minimum atomic E-state index is -0.213. The number of carbonyl (C=O) groups excluding carboxylic acids is 1. The van der Waals surface area contributed by atoms with Crippen LogP contribution in [0.3, 0.4) is 0 Å². The zero-order valence-corrected chi connectivity index (χ0v) is 16.8. The highest BCUT2D eigenvalue weighted by atomic mass is 19.1. The van der Waals surface area contributed by atoms with E-state index in [9.17, 15) is 9.18 Å². The maximum atomic E-state index is 13.1. The Hall–Kier alpha value is -2.40. The van der Waals surface area contributed by atoms with E-state index < -0.39 is 0 Å². The third kappa shape index (κ3) is 5.32. The minimum absolute atomic E-state index is 0.0189. The Labute approximate surface area is 167 Å². The number of nitrogens with one attached hydrogen (secondary N) is 1. The van der Waals surface area contributed by atoms with Crippen LogP contribution in [0, 0.1) is 11.7 Å². The van der Waals surface area contributed by atoms with E-state index in [0.29, 0.717) is 18.0 Å². The highest BCUT2D eigenvalue weighted by molar-refractivity contribution is 5.94. The van der Waals surface area contributed by atoms with Crippen LogP contribution in [0.15, 0.2) is 48.5 Å². The first kappa shape index (κ1) is 20.3. The van der Waals surface area contributed by atoms with Crippen LogP contribution in [0.1, 0.15) is 36.2 Å². The third-order valence-electron chi connectivity index (χ3n) is 5.55. The predicted octanol–water partition coefficient (Wildman–Crippen LogP) is 3.92. The summed E-state index contributed by atoms with van der Waals surface area (Å²) in [6.07, 6.45) is 1.03. The van der Waals surface area contributed by atoms with Crippen molar-refractivity contribution < 1.29 is 9.18 Å². The average molecular weight is 384 g/mol. The standard InChI is InChI=1S/C23H30FN3O/c1-3-26(4-2)16-18-5-7-20(8-6-18)23(28)25-15-19-13-14-27(17-19)22-11-9-21(24)10-12-22/h5-12,19H,3-4,13-17H2,1-2H3,(H,25,28). The highest BCUT2D eigenvalue weighted by Gasteiger charge is 2.23. The normalized spacial score (nSPS) is 16.6. The summed E-state index contributed by atoms with van der Waals surface area (Å²) in [5, 5.41) is 3.07. The SMILES string of the molecule is CCN(CC)Cc1ccc(C(=O)NCC2CCN(c3ccc(F)cc3)C2)cc1. The van der Waals surface area contributed by atoms with Crippen LogP contribution in [-0.2, 0) is 6.54 Å². The van der Waals surface area contributed by atoms with Gasteiger partial charge < -0.3 is 10.2 Å². The third-order valence-corrected chi connectivity index (χ3v) is 5.55. The molecule has 0 radical (unpaired) electrons. The van der Waals surface area contributed by atoms with Crippen molar-refractivity contribution in [2.45, 2.75) is 26.8 Å². The molecule has 0 aromatic heterocycles. The van der Waals surface area contributed by atoms with Crippen LogP contribution in [0.5, 0.6) is 0 Å². The second-order valence-corrected chi connectivity index (χ2v) is 7.45. The van der Waals surface area contributed by atoms with Crippen molar-refractivity contribution in [2.75, 3.05) is 37.6 Å². The summed E-state index contributed by atoms with van der Waals surface area (Å²) in [5.41, 5.74) is 2.97. The molecule has 1 fully saturated rings. The molecule has 0 bridgehead atoms. The number of hydrogen-bond donors (Lipinski definition) is 1. The first-order valence-corrected chi connectivity index (χ1v) is 10.2. The molecule has 28 heavy (non-hydrogen) atoms. The first-order valence-electron chi connectivity index (χ1n) is 10.2. The van der Waals surface area contributed by atoms with Gasteiger partial charge in [-0.15, -0.1) is 0 Å². The monoisotopic (exact) mass is 383 g/mol. The second kappa shape index (κ2) is 9.69. The Morgan fingerprint density at radius 2 is 1.79 bits per heavy atom. The van der Waals surface area contributed by atoms with E-state index in [4.69, 9.17) is 0 Å². The molecule has 1 aliphatic heterocycles. The fourth-order valence-electron chi connectivity index (χ4n) is 3.69. The van der Waals surface area contributed by atoms with Gasteiger partial charge in [-0.3, -0.25) is 9.69 Å². The van der Waals surface area contributed by atoms with E-state index in [0.717, 1.165) is 44.8 Å². The number of rotatable bonds is 8. The molecule has 1 N–H and O–H groups in total. The molecule has 4 nitrogen and oxygen atoms in total. The smallest absolute Gasteiger partial charge is 0.251 e. The summed E-state index contributed by atoms with van der Waals surface area (Å²) in [7, 11) is 0. The molecule has 1 heterocycles. The molecular formula is C23H30FN3O. The van der Waals surface area contributed by atoms with Crippen LogP contribution in [-0.4, -0.2) is 43.5 Å². The zero-order chi connectivity index (χ0) is 19.9. The predicted molar refractivity (Wildman–Crippen MR) is 112 cm³/mol. The lowest BCUT2D eigenvalue weighted by atomic mass is 10.1. The number of nitrogens with zero attached hydrogens (tertiary/aromatic N) is 2. The molecule has 2 aromatic carbocycles. The van der Waals surface area contributed by atoms with Crippen molar-refractivity contribution >= 4 is 11.6 Å². The van der Waals surface area contributed by atoms with Gasteiger partial charge in [0, 0.05) is 37.4 Å². The van der Waals surface area contributed by atoms with Crippen molar-refractivity contribution in [3.05, 3.63) is 65.5 Å². The van der Waals surface area contributed by atoms with E-state index in [1.165, 1.54) is 17.7 Å². The topological polar surface area (TPSA) is 35.6 Å². The van der Waals surface area contributed by atoms with Crippen LogP contribution in [0.25, 0.3) is 0 Å². The number of halogens is 1. The number of benzene rings is 2. The molecule has 1 amide bonds. The maximum Gasteiger partial charge on any atom is 0.251 e. The van der Waals surface area contributed by atoms with Crippen molar-refractivity contribution in [3.8, 4) is 0 Å². The van der Waals surface area contributed by atoms with Gasteiger partial charge in [-0.05, 0) is 67.4 Å². The number of hydrogen-bond acceptors (Lipinski definition) is 3. The highest BCUT2D eigenvalue weighted by Crippen LogP contribution is 2.23. The van der Waals surface area contributed by atoms with E-state index >= 15 is 0 Å². The van der Waals surface area contributed by atoms with Gasteiger partial charge in [-0.2, -0.15) is 0 Å². The minimum Gasteiger partial charge on any atom is -0.371 e. The summed E-state index contributed by atoms with van der Waals surface area (Å²) < 4.78 is 13.1. The summed E-state index contributed by atoms with van der Waals surface area (Å²) in [5.74, 6) is 0.181. The van der Waals surface area contributed by atoms with Crippen molar-refractivity contribution in [3.63, 3.8) is 0 Å². The molecule has 0 aliphatic carbocycles. The van der Waals surface area contributed by atoms with Gasteiger partial charge in [0.15, 0.2) is 0 Å². The number of amides is 1. The lowest BCUT2D eigenvalue weighted by molar-refractivity contribution is 0.0948. The summed E-state index contributed by atoms with van der Waals surface area (Å²) >= 11 is 0. The maximum absolute atomic E-state index is 13.1. The van der Waals surface area contributed by atoms with Crippen molar-refractivity contribution in [1.29, 1.82) is 0 Å². The lowest BCUT2D eigenvalue weighted by Gasteiger charge is -2.19. The molecule has 0 saturated carbocycles. The molecule has 1 aliphatic rings. The second-order valence-electron chi connectivity index (χ2n) is 7.45. The molecule has 0 spiro atoms. The van der Waals surface area contributed by atoms with E-state index in [1.807, 2.05) is 36.4 Å². The molecule has 1 saturated heterocycles. The van der Waals surface area contributed by atoms with Crippen molar-refractivity contribution in [1.82, 2.24) is 10.2 Å². The van der Waals surface area contributed by atoms with Gasteiger partial charge in [0.25, 0.3) is 5.91 Å². The largest absolute Gasteiger partial charge is 0.371 e. The Kier molecular flexibility index (Phi) is 7.04. The molecule has 150 valence electrons. The Morgan fingerprint density at radius 3 is 2.43 bits per heavy atom. The molecule has 3 rings (SSSR count). The van der Waals surface area contributed by atoms with Crippen LogP contribution < -0.4 is 10.2 Å². The summed E-state index contributed by atoms with van der Waals surface area (Å²) in [6, 6.07) is 14.5. The van der Waals surface area contributed by atoms with E-state index in [2.05, 4.69) is 29.0 Å². The molecule has 5 heteroatoms. The van der Waals surface area contributed by atoms with Gasteiger partial charge in [0.2, 0.25) is 0 Å². The molecular weight excluding hydrogens is 353 g/mol. The zero-order valence-electron chi connectivity index (χ0n) is 16.8. The average Bonchev–Trinajstić information content (AvgIpc) is 3.20. The van der Waals surface area contributed by atoms with Gasteiger partial charge in [-0.1, -0.05) is 26.0 Å². The quantitative estimate of drug-likeness (QED) is 0.750. The van der Waals surface area contributed by atoms with E-state index in [-0.39, 0.29) is 11.7 Å². The van der Waals surface area contributed by atoms with Gasteiger partial charge in [0.05, 0.1) is 0 Å².